The van der Waals surface area contributed by atoms with Gasteiger partial charge in [0.1, 0.15) is 19.6 Å². The lowest BCUT2D eigenvalue weighted by atomic mass is 10.1. The van der Waals surface area contributed by atoms with Crippen LogP contribution in [0.1, 0.15) is 18.9 Å². The summed E-state index contributed by atoms with van der Waals surface area (Å²) < 4.78 is 0. The molecule has 2 aromatic carbocycles. The smallest absolute Gasteiger partial charge is 0.323 e. The molecule has 2 aromatic rings. The van der Waals surface area contributed by atoms with Crippen molar-refractivity contribution in [2.75, 3.05) is 54.0 Å². The Bertz CT molecular complexity index is 965. The Hall–Kier alpha value is -3.75. The Morgan fingerprint density at radius 3 is 1.39 bits per heavy atom. The van der Waals surface area contributed by atoms with Gasteiger partial charge in [-0.05, 0) is 37.1 Å². The minimum Gasteiger partial charge on any atom is -0.480 e. The molecule has 178 valence electrons. The molecule has 2 rings (SSSR count). The number of para-hydroxylation sites is 3. The first-order valence-electron chi connectivity index (χ1n) is 10.8. The van der Waals surface area contributed by atoms with Gasteiger partial charge in [0.25, 0.3) is 0 Å². The lowest BCUT2D eigenvalue weighted by Crippen LogP contribution is -2.41. The fourth-order valence-electron chi connectivity index (χ4n) is 3.77. The number of hydrogen-bond donors (Lipinski definition) is 3. The van der Waals surface area contributed by atoms with Crippen LogP contribution >= 0.6 is 0 Å². The number of rotatable bonds is 14. The quantitative estimate of drug-likeness (QED) is 0.393. The summed E-state index contributed by atoms with van der Waals surface area (Å²) in [4.78, 5) is 39.6. The van der Waals surface area contributed by atoms with Gasteiger partial charge in [-0.2, -0.15) is 0 Å². The standard InChI is InChI=1S/C24H31N3O6/c1-3-12-25(15-22(28)29)20-10-6-7-11-21(20)27(17-24(32)33)14-13-26(16-23(30)31)19-9-5-4-8-18(19)2/h4-11H,3,12-17H2,1-2H3,(H,28,29)(H,30,31)(H,32,33). The zero-order valence-corrected chi connectivity index (χ0v) is 19.0. The Labute approximate surface area is 193 Å². The van der Waals surface area contributed by atoms with Crippen LogP contribution in [-0.4, -0.2) is 72.5 Å². The van der Waals surface area contributed by atoms with Crippen molar-refractivity contribution in [3.63, 3.8) is 0 Å². The van der Waals surface area contributed by atoms with E-state index in [0.717, 1.165) is 17.7 Å². The fourth-order valence-corrected chi connectivity index (χ4v) is 3.77. The maximum absolute atomic E-state index is 11.7. The summed E-state index contributed by atoms with van der Waals surface area (Å²) in [7, 11) is 0. The molecule has 0 aliphatic heterocycles. The molecule has 0 saturated heterocycles. The summed E-state index contributed by atoms with van der Waals surface area (Å²) in [5.74, 6) is -3.00. The van der Waals surface area contributed by atoms with E-state index in [1.54, 1.807) is 39.0 Å². The van der Waals surface area contributed by atoms with Crippen molar-refractivity contribution in [2.45, 2.75) is 20.3 Å². The van der Waals surface area contributed by atoms with Crippen molar-refractivity contribution >= 4 is 35.0 Å². The van der Waals surface area contributed by atoms with Gasteiger partial charge >= 0.3 is 17.9 Å². The molecule has 0 aliphatic carbocycles. The minimum atomic E-state index is -1.04. The van der Waals surface area contributed by atoms with Gasteiger partial charge in [-0.1, -0.05) is 37.3 Å². The van der Waals surface area contributed by atoms with Crippen LogP contribution in [0.15, 0.2) is 48.5 Å². The van der Waals surface area contributed by atoms with Crippen molar-refractivity contribution < 1.29 is 29.7 Å². The summed E-state index contributed by atoms with van der Waals surface area (Å²) in [6.45, 7) is 4.09. The lowest BCUT2D eigenvalue weighted by molar-refractivity contribution is -0.136. The van der Waals surface area contributed by atoms with Crippen LogP contribution in [0.2, 0.25) is 0 Å². The number of nitrogens with zero attached hydrogens (tertiary/aromatic N) is 3. The van der Waals surface area contributed by atoms with E-state index in [-0.39, 0.29) is 32.7 Å². The molecule has 0 aliphatic rings. The third kappa shape index (κ3) is 7.71. The van der Waals surface area contributed by atoms with Crippen molar-refractivity contribution in [2.24, 2.45) is 0 Å². The summed E-state index contributed by atoms with van der Waals surface area (Å²) >= 11 is 0. The Morgan fingerprint density at radius 2 is 1.00 bits per heavy atom. The number of anilines is 3. The summed E-state index contributed by atoms with van der Waals surface area (Å²) in [6, 6.07) is 14.5. The summed E-state index contributed by atoms with van der Waals surface area (Å²) in [5.41, 5.74) is 2.90. The fraction of sp³-hybridized carbons (Fsp3) is 0.375. The van der Waals surface area contributed by atoms with Gasteiger partial charge in [0.05, 0.1) is 11.4 Å². The first kappa shape index (κ1) is 25.5. The lowest BCUT2D eigenvalue weighted by Gasteiger charge is -2.33. The predicted molar refractivity (Wildman–Crippen MR) is 127 cm³/mol. The van der Waals surface area contributed by atoms with Crippen molar-refractivity contribution in [1.29, 1.82) is 0 Å². The first-order chi connectivity index (χ1) is 15.7. The summed E-state index contributed by atoms with van der Waals surface area (Å²) in [5, 5.41) is 28.3. The second-order valence-corrected chi connectivity index (χ2v) is 7.72. The van der Waals surface area contributed by atoms with Crippen LogP contribution in [0.3, 0.4) is 0 Å². The van der Waals surface area contributed by atoms with Crippen LogP contribution in [0.5, 0.6) is 0 Å². The van der Waals surface area contributed by atoms with E-state index in [0.29, 0.717) is 17.9 Å². The molecule has 9 heteroatoms. The first-order valence-corrected chi connectivity index (χ1v) is 10.8. The summed E-state index contributed by atoms with van der Waals surface area (Å²) in [6.07, 6.45) is 0.722. The zero-order valence-electron chi connectivity index (χ0n) is 19.0. The maximum Gasteiger partial charge on any atom is 0.323 e. The number of carboxylic acids is 3. The molecule has 0 spiro atoms. The molecule has 3 N–H and O–H groups in total. The number of hydrogen-bond acceptors (Lipinski definition) is 6. The Morgan fingerprint density at radius 1 is 0.636 bits per heavy atom. The molecule has 0 atom stereocenters. The normalized spacial score (nSPS) is 10.5. The molecular formula is C24H31N3O6. The highest BCUT2D eigenvalue weighted by atomic mass is 16.4. The highest BCUT2D eigenvalue weighted by Crippen LogP contribution is 2.30. The second kappa shape index (κ2) is 12.3. The Balaban J connectivity index is 2.38. The van der Waals surface area contributed by atoms with Gasteiger partial charge in [0.15, 0.2) is 0 Å². The third-order valence-electron chi connectivity index (χ3n) is 5.13. The largest absolute Gasteiger partial charge is 0.480 e. The SMILES string of the molecule is CCCN(CC(=O)O)c1ccccc1N(CCN(CC(=O)O)c1ccccc1C)CC(=O)O. The molecule has 0 radical (unpaired) electrons. The van der Waals surface area contributed by atoms with Crippen molar-refractivity contribution in [1.82, 2.24) is 0 Å². The van der Waals surface area contributed by atoms with Gasteiger partial charge in [-0.25, -0.2) is 0 Å². The van der Waals surface area contributed by atoms with Gasteiger partial charge in [-0.3, -0.25) is 14.4 Å². The second-order valence-electron chi connectivity index (χ2n) is 7.72. The topological polar surface area (TPSA) is 122 Å². The molecule has 0 fully saturated rings. The van der Waals surface area contributed by atoms with E-state index >= 15 is 0 Å². The molecule has 0 amide bonds. The van der Waals surface area contributed by atoms with E-state index in [4.69, 9.17) is 0 Å². The molecule has 0 unspecified atom stereocenters. The van der Waals surface area contributed by atoms with Crippen LogP contribution < -0.4 is 14.7 Å². The van der Waals surface area contributed by atoms with Gasteiger partial charge in [-0.15, -0.1) is 0 Å². The van der Waals surface area contributed by atoms with Gasteiger partial charge < -0.3 is 30.0 Å². The van der Waals surface area contributed by atoms with Crippen LogP contribution in [0.4, 0.5) is 17.1 Å². The van der Waals surface area contributed by atoms with E-state index in [1.807, 2.05) is 38.1 Å². The molecule has 0 aromatic heterocycles. The molecule has 0 heterocycles. The molecule has 33 heavy (non-hydrogen) atoms. The van der Waals surface area contributed by atoms with E-state index in [1.165, 1.54) is 0 Å². The molecule has 0 saturated carbocycles. The highest BCUT2D eigenvalue weighted by molar-refractivity contribution is 5.82. The number of carbonyl (C=O) groups is 3. The number of aryl methyl sites for hydroxylation is 1. The average Bonchev–Trinajstić information content (AvgIpc) is 2.75. The predicted octanol–water partition coefficient (Wildman–Crippen LogP) is 2.78. The number of aliphatic carboxylic acids is 3. The number of benzene rings is 2. The third-order valence-corrected chi connectivity index (χ3v) is 5.13. The van der Waals surface area contributed by atoms with E-state index in [2.05, 4.69) is 0 Å². The molecule has 0 bridgehead atoms. The zero-order chi connectivity index (χ0) is 24.4. The van der Waals surface area contributed by atoms with Crippen LogP contribution in [0.25, 0.3) is 0 Å². The van der Waals surface area contributed by atoms with Gasteiger partial charge in [0, 0.05) is 25.3 Å². The Kier molecular flexibility index (Phi) is 9.53. The van der Waals surface area contributed by atoms with Crippen molar-refractivity contribution in [3.8, 4) is 0 Å². The van der Waals surface area contributed by atoms with Crippen molar-refractivity contribution in [3.05, 3.63) is 54.1 Å². The van der Waals surface area contributed by atoms with E-state index < -0.39 is 17.9 Å². The van der Waals surface area contributed by atoms with E-state index in [9.17, 15) is 29.7 Å². The van der Waals surface area contributed by atoms with Crippen LogP contribution in [0, 0.1) is 6.92 Å². The van der Waals surface area contributed by atoms with Crippen LogP contribution in [-0.2, 0) is 14.4 Å². The maximum atomic E-state index is 11.7. The number of carboxylic acid groups (broad SMARTS) is 3. The minimum absolute atomic E-state index is 0.208. The monoisotopic (exact) mass is 457 g/mol. The average molecular weight is 458 g/mol. The van der Waals surface area contributed by atoms with Gasteiger partial charge in [0.2, 0.25) is 0 Å². The highest BCUT2D eigenvalue weighted by Gasteiger charge is 2.21. The molecular weight excluding hydrogens is 426 g/mol. The molecule has 9 nitrogen and oxygen atoms in total.